The van der Waals surface area contributed by atoms with Gasteiger partial charge in [-0.2, -0.15) is 0 Å². The summed E-state index contributed by atoms with van der Waals surface area (Å²) in [6.07, 6.45) is 0. The predicted octanol–water partition coefficient (Wildman–Crippen LogP) is 5.46. The summed E-state index contributed by atoms with van der Waals surface area (Å²) < 4.78 is 6.12. The van der Waals surface area contributed by atoms with E-state index in [1.807, 2.05) is 12.1 Å². The highest BCUT2D eigenvalue weighted by Crippen LogP contribution is 2.51. The van der Waals surface area contributed by atoms with Gasteiger partial charge in [-0.25, -0.2) is 0 Å². The van der Waals surface area contributed by atoms with Crippen molar-refractivity contribution in [2.75, 3.05) is 0 Å². The molecule has 1 aliphatic rings. The fraction of sp³-hybridized carbons (Fsp3) is 0.143. The minimum atomic E-state index is -0.195. The first-order valence-corrected chi connectivity index (χ1v) is 7.63. The Hall–Kier alpha value is -2.54. The number of benzene rings is 3. The van der Waals surface area contributed by atoms with Crippen molar-refractivity contribution in [2.45, 2.75) is 19.3 Å². The van der Waals surface area contributed by atoms with Crippen LogP contribution in [-0.2, 0) is 5.41 Å². The monoisotopic (exact) mass is 286 g/mol. The van der Waals surface area contributed by atoms with Gasteiger partial charge in [-0.15, -0.1) is 0 Å². The highest BCUT2D eigenvalue weighted by Gasteiger charge is 2.39. The van der Waals surface area contributed by atoms with E-state index in [-0.39, 0.29) is 5.41 Å². The van der Waals surface area contributed by atoms with Crippen LogP contribution in [0.15, 0.2) is 72.8 Å². The molecular weight excluding hydrogens is 268 g/mol. The van der Waals surface area contributed by atoms with Gasteiger partial charge in [0, 0.05) is 16.5 Å². The number of rotatable bonds is 1. The molecule has 0 aromatic heterocycles. The van der Waals surface area contributed by atoms with E-state index in [0.29, 0.717) is 0 Å². The maximum Gasteiger partial charge on any atom is 0.131 e. The fourth-order valence-corrected chi connectivity index (χ4v) is 3.40. The summed E-state index contributed by atoms with van der Waals surface area (Å²) in [6, 6.07) is 25.5. The first-order chi connectivity index (χ1) is 10.7. The Bertz CT molecular complexity index is 785. The molecule has 0 saturated heterocycles. The van der Waals surface area contributed by atoms with E-state index >= 15 is 0 Å². The Morgan fingerprint density at radius 1 is 0.682 bits per heavy atom. The molecule has 0 saturated carbocycles. The van der Waals surface area contributed by atoms with Gasteiger partial charge in [0.15, 0.2) is 0 Å². The molecule has 0 radical (unpaired) electrons. The lowest BCUT2D eigenvalue weighted by Gasteiger charge is -2.38. The molecule has 4 rings (SSSR count). The molecule has 1 nitrogen and oxygen atoms in total. The lowest BCUT2D eigenvalue weighted by molar-refractivity contribution is 0.427. The number of aryl methyl sites for hydroxylation is 1. The first kappa shape index (κ1) is 13.1. The second kappa shape index (κ2) is 4.74. The van der Waals surface area contributed by atoms with Crippen LogP contribution in [0.5, 0.6) is 11.5 Å². The Kier molecular flexibility index (Phi) is 2.83. The molecule has 3 aromatic rings. The second-order valence-corrected chi connectivity index (χ2v) is 6.09. The summed E-state index contributed by atoms with van der Waals surface area (Å²) >= 11 is 0. The molecule has 0 atom stereocenters. The third-order valence-corrected chi connectivity index (χ3v) is 4.70. The van der Waals surface area contributed by atoms with Crippen LogP contribution in [0.2, 0.25) is 0 Å². The topological polar surface area (TPSA) is 9.23 Å². The molecule has 0 spiro atoms. The highest BCUT2D eigenvalue weighted by molar-refractivity contribution is 5.62. The van der Waals surface area contributed by atoms with Gasteiger partial charge >= 0.3 is 0 Å². The van der Waals surface area contributed by atoms with Crippen molar-refractivity contribution >= 4 is 0 Å². The van der Waals surface area contributed by atoms with Crippen LogP contribution in [0, 0.1) is 6.92 Å². The lowest BCUT2D eigenvalue weighted by Crippen LogP contribution is -2.29. The molecule has 108 valence electrons. The fourth-order valence-electron chi connectivity index (χ4n) is 3.40. The standard InChI is InChI=1S/C21H18O/c1-15-11-13-16(14-12-15)21(2)17-7-3-5-9-19(17)22-20-10-6-4-8-18(20)21/h3-14H,1-2H3. The second-order valence-electron chi connectivity index (χ2n) is 6.09. The predicted molar refractivity (Wildman–Crippen MR) is 89.7 cm³/mol. The SMILES string of the molecule is Cc1ccc(C2(C)c3ccccc3Oc3ccccc32)cc1. The number of hydrogen-bond donors (Lipinski definition) is 0. The van der Waals surface area contributed by atoms with Crippen LogP contribution >= 0.6 is 0 Å². The normalized spacial score (nSPS) is 14.6. The Morgan fingerprint density at radius 2 is 1.18 bits per heavy atom. The van der Waals surface area contributed by atoms with E-state index in [1.54, 1.807) is 0 Å². The molecule has 22 heavy (non-hydrogen) atoms. The van der Waals surface area contributed by atoms with Crippen molar-refractivity contribution in [3.63, 3.8) is 0 Å². The number of para-hydroxylation sites is 2. The van der Waals surface area contributed by atoms with Crippen LogP contribution in [0.25, 0.3) is 0 Å². The van der Waals surface area contributed by atoms with E-state index in [0.717, 1.165) is 11.5 Å². The lowest BCUT2D eigenvalue weighted by atomic mass is 9.69. The van der Waals surface area contributed by atoms with E-state index in [1.165, 1.54) is 22.3 Å². The molecule has 0 aliphatic carbocycles. The van der Waals surface area contributed by atoms with E-state index in [4.69, 9.17) is 4.74 Å². The van der Waals surface area contributed by atoms with Crippen molar-refractivity contribution in [3.8, 4) is 11.5 Å². The van der Waals surface area contributed by atoms with E-state index in [2.05, 4.69) is 74.5 Å². The van der Waals surface area contributed by atoms with Crippen molar-refractivity contribution in [1.82, 2.24) is 0 Å². The first-order valence-electron chi connectivity index (χ1n) is 7.63. The average molecular weight is 286 g/mol. The molecule has 3 aromatic carbocycles. The largest absolute Gasteiger partial charge is 0.457 e. The summed E-state index contributed by atoms with van der Waals surface area (Å²) in [5, 5.41) is 0. The van der Waals surface area contributed by atoms with Gasteiger partial charge < -0.3 is 4.74 Å². The summed E-state index contributed by atoms with van der Waals surface area (Å²) in [4.78, 5) is 0. The molecule has 0 bridgehead atoms. The Labute approximate surface area is 131 Å². The molecule has 0 amide bonds. The van der Waals surface area contributed by atoms with Crippen LogP contribution in [0.4, 0.5) is 0 Å². The number of fused-ring (bicyclic) bond motifs is 2. The molecule has 1 heterocycles. The van der Waals surface area contributed by atoms with Crippen LogP contribution in [-0.4, -0.2) is 0 Å². The van der Waals surface area contributed by atoms with Gasteiger partial charge in [0.05, 0.1) is 0 Å². The number of ether oxygens (including phenoxy) is 1. The van der Waals surface area contributed by atoms with E-state index < -0.39 is 0 Å². The minimum Gasteiger partial charge on any atom is -0.457 e. The summed E-state index contributed by atoms with van der Waals surface area (Å²) in [5.41, 5.74) is 4.82. The van der Waals surface area contributed by atoms with E-state index in [9.17, 15) is 0 Å². The summed E-state index contributed by atoms with van der Waals surface area (Å²) in [7, 11) is 0. The zero-order valence-electron chi connectivity index (χ0n) is 12.8. The maximum atomic E-state index is 6.12. The van der Waals surface area contributed by atoms with Crippen molar-refractivity contribution in [1.29, 1.82) is 0 Å². The van der Waals surface area contributed by atoms with Crippen LogP contribution < -0.4 is 4.74 Å². The third-order valence-electron chi connectivity index (χ3n) is 4.70. The van der Waals surface area contributed by atoms with Gasteiger partial charge in [-0.3, -0.25) is 0 Å². The van der Waals surface area contributed by atoms with Crippen LogP contribution in [0.1, 0.15) is 29.2 Å². The van der Waals surface area contributed by atoms with Gasteiger partial charge in [-0.05, 0) is 31.5 Å². The number of hydrogen-bond acceptors (Lipinski definition) is 1. The summed E-state index contributed by atoms with van der Waals surface area (Å²) in [6.45, 7) is 4.41. The Balaban J connectivity index is 2.03. The zero-order valence-corrected chi connectivity index (χ0v) is 12.8. The molecule has 0 fully saturated rings. The molecule has 0 unspecified atom stereocenters. The summed E-state index contributed by atoms with van der Waals surface area (Å²) in [5.74, 6) is 1.90. The van der Waals surface area contributed by atoms with Crippen LogP contribution in [0.3, 0.4) is 0 Å². The van der Waals surface area contributed by atoms with Gasteiger partial charge in [0.1, 0.15) is 11.5 Å². The highest BCUT2D eigenvalue weighted by atomic mass is 16.5. The smallest absolute Gasteiger partial charge is 0.131 e. The van der Waals surface area contributed by atoms with Gasteiger partial charge in [-0.1, -0.05) is 66.2 Å². The maximum absolute atomic E-state index is 6.12. The molecule has 1 heteroatoms. The van der Waals surface area contributed by atoms with Crippen molar-refractivity contribution < 1.29 is 4.74 Å². The zero-order chi connectivity index (χ0) is 15.2. The minimum absolute atomic E-state index is 0.195. The van der Waals surface area contributed by atoms with Gasteiger partial charge in [0.25, 0.3) is 0 Å². The average Bonchev–Trinajstić information content (AvgIpc) is 2.56. The molecular formula is C21H18O. The quantitative estimate of drug-likeness (QED) is 0.577. The molecule has 0 N–H and O–H groups in total. The van der Waals surface area contributed by atoms with Crippen molar-refractivity contribution in [2.24, 2.45) is 0 Å². The van der Waals surface area contributed by atoms with Crippen molar-refractivity contribution in [3.05, 3.63) is 95.1 Å². The molecule has 1 aliphatic heterocycles. The third kappa shape index (κ3) is 1.79. The Morgan fingerprint density at radius 3 is 1.73 bits per heavy atom. The van der Waals surface area contributed by atoms with Gasteiger partial charge in [0.2, 0.25) is 0 Å².